The topological polar surface area (TPSA) is 39.1 Å². The number of ketones is 1. The Morgan fingerprint density at radius 1 is 0.909 bits per heavy atom. The molecule has 2 aromatic rings. The van der Waals surface area contributed by atoms with Crippen molar-refractivity contribution in [2.45, 2.75) is 44.1 Å². The highest BCUT2D eigenvalue weighted by Gasteiger charge is 2.35. The molecule has 3 rings (SSSR count). The average molecular weight is 295 g/mol. The summed E-state index contributed by atoms with van der Waals surface area (Å²) in [4.78, 5) is 22.9. The largest absolute Gasteiger partial charge is 0.354 e. The number of rotatable bonds is 4. The van der Waals surface area contributed by atoms with Crippen molar-refractivity contribution in [2.24, 2.45) is 0 Å². The summed E-state index contributed by atoms with van der Waals surface area (Å²) in [6.45, 7) is 0.864. The van der Waals surface area contributed by atoms with Crippen LogP contribution in [0.4, 0.5) is 0 Å². The van der Waals surface area contributed by atoms with Crippen LogP contribution in [0.15, 0.2) is 59.7 Å². The fraction of sp³-hybridized carbons (Fsp3) is 0.368. The lowest BCUT2D eigenvalue weighted by Gasteiger charge is -2.37. The molecule has 1 fully saturated rings. The van der Waals surface area contributed by atoms with Gasteiger partial charge in [0.05, 0.1) is 0 Å². The fourth-order valence-corrected chi connectivity index (χ4v) is 3.42. The summed E-state index contributed by atoms with van der Waals surface area (Å²) in [6, 6.07) is 13.7. The number of hydrogen-bond donors (Lipinski definition) is 0. The van der Waals surface area contributed by atoms with Gasteiger partial charge in [-0.25, -0.2) is 0 Å². The van der Waals surface area contributed by atoms with Gasteiger partial charge in [-0.05, 0) is 30.2 Å². The standard InChI is InChI=1S/C19H21NO2/c21-17-6-10-19(11-7-17,16-4-2-1-3-5-16)12-15-20-13-8-18(22)9-14-20/h1-5,8-9,13-14H,6-7,10-12,15H2. The number of hydrogen-bond acceptors (Lipinski definition) is 2. The first-order valence-corrected chi connectivity index (χ1v) is 7.91. The zero-order chi connectivity index (χ0) is 15.4. The van der Waals surface area contributed by atoms with Crippen LogP contribution in [0.3, 0.4) is 0 Å². The fourth-order valence-electron chi connectivity index (χ4n) is 3.42. The molecule has 1 heterocycles. The monoisotopic (exact) mass is 295 g/mol. The molecule has 114 valence electrons. The van der Waals surface area contributed by atoms with Crippen LogP contribution in [-0.2, 0) is 16.8 Å². The van der Waals surface area contributed by atoms with E-state index in [0.29, 0.717) is 18.6 Å². The Morgan fingerprint density at radius 3 is 2.18 bits per heavy atom. The van der Waals surface area contributed by atoms with Gasteiger partial charge in [0.25, 0.3) is 0 Å². The maximum atomic E-state index is 11.7. The third kappa shape index (κ3) is 3.19. The number of nitrogens with zero attached hydrogens (tertiary/aromatic N) is 1. The quantitative estimate of drug-likeness (QED) is 0.868. The molecule has 0 unspecified atom stereocenters. The molecule has 1 saturated carbocycles. The van der Waals surface area contributed by atoms with Gasteiger partial charge in [0.1, 0.15) is 5.78 Å². The SMILES string of the molecule is O=C1CCC(CCn2ccc(=O)cc2)(c2ccccc2)CC1. The van der Waals surface area contributed by atoms with Crippen molar-refractivity contribution in [2.75, 3.05) is 0 Å². The van der Waals surface area contributed by atoms with Crippen LogP contribution in [0.2, 0.25) is 0 Å². The molecule has 0 radical (unpaired) electrons. The lowest BCUT2D eigenvalue weighted by Crippen LogP contribution is -2.33. The molecule has 0 bridgehead atoms. The van der Waals surface area contributed by atoms with Crippen molar-refractivity contribution < 1.29 is 4.79 Å². The van der Waals surface area contributed by atoms with Gasteiger partial charge in [-0.15, -0.1) is 0 Å². The van der Waals surface area contributed by atoms with Crippen LogP contribution in [0.1, 0.15) is 37.7 Å². The molecular weight excluding hydrogens is 274 g/mol. The molecule has 1 aliphatic carbocycles. The Morgan fingerprint density at radius 2 is 1.55 bits per heavy atom. The van der Waals surface area contributed by atoms with Crippen LogP contribution in [-0.4, -0.2) is 10.4 Å². The molecule has 22 heavy (non-hydrogen) atoms. The van der Waals surface area contributed by atoms with E-state index in [9.17, 15) is 9.59 Å². The molecular formula is C19H21NO2. The van der Waals surface area contributed by atoms with Crippen molar-refractivity contribution >= 4 is 5.78 Å². The molecule has 3 heteroatoms. The zero-order valence-corrected chi connectivity index (χ0v) is 12.7. The Labute approximate surface area is 130 Å². The predicted molar refractivity (Wildman–Crippen MR) is 86.9 cm³/mol. The van der Waals surface area contributed by atoms with Crippen LogP contribution < -0.4 is 5.43 Å². The van der Waals surface area contributed by atoms with Gasteiger partial charge in [-0.2, -0.15) is 0 Å². The minimum atomic E-state index is 0.0392. The summed E-state index contributed by atoms with van der Waals surface area (Å²) in [5.41, 5.74) is 1.46. The lowest BCUT2D eigenvalue weighted by molar-refractivity contribution is -0.121. The summed E-state index contributed by atoms with van der Waals surface area (Å²) in [7, 11) is 0. The van der Waals surface area contributed by atoms with Gasteiger partial charge < -0.3 is 4.57 Å². The van der Waals surface area contributed by atoms with Crippen molar-refractivity contribution in [3.05, 3.63) is 70.6 Å². The van der Waals surface area contributed by atoms with E-state index in [1.165, 1.54) is 5.56 Å². The maximum absolute atomic E-state index is 11.7. The number of Topliss-reactive ketones (excluding diaryl/α,β-unsaturated/α-hetero) is 1. The van der Waals surface area contributed by atoms with Crippen molar-refractivity contribution in [1.29, 1.82) is 0 Å². The molecule has 1 aromatic carbocycles. The molecule has 0 N–H and O–H groups in total. The minimum absolute atomic E-state index is 0.0392. The van der Waals surface area contributed by atoms with Crippen LogP contribution >= 0.6 is 0 Å². The van der Waals surface area contributed by atoms with Gasteiger partial charge >= 0.3 is 0 Å². The van der Waals surface area contributed by atoms with Crippen LogP contribution in [0, 0.1) is 0 Å². The summed E-state index contributed by atoms with van der Waals surface area (Å²) in [6.07, 6.45) is 7.89. The van der Waals surface area contributed by atoms with E-state index in [1.54, 1.807) is 12.1 Å². The van der Waals surface area contributed by atoms with Gasteiger partial charge in [-0.1, -0.05) is 30.3 Å². The normalized spacial score (nSPS) is 17.4. The number of pyridine rings is 1. The van der Waals surface area contributed by atoms with E-state index in [-0.39, 0.29) is 10.8 Å². The number of aryl methyl sites for hydroxylation is 1. The smallest absolute Gasteiger partial charge is 0.181 e. The zero-order valence-electron chi connectivity index (χ0n) is 12.7. The molecule has 0 aliphatic heterocycles. The number of aromatic nitrogens is 1. The molecule has 1 aromatic heterocycles. The number of carbonyl (C=O) groups is 1. The van der Waals surface area contributed by atoms with Crippen molar-refractivity contribution in [1.82, 2.24) is 4.57 Å². The Bertz CT molecular complexity index is 672. The van der Waals surface area contributed by atoms with E-state index in [0.717, 1.165) is 25.8 Å². The maximum Gasteiger partial charge on any atom is 0.181 e. The highest BCUT2D eigenvalue weighted by atomic mass is 16.1. The summed E-state index contributed by atoms with van der Waals surface area (Å²) in [5, 5.41) is 0. The molecule has 0 atom stereocenters. The van der Waals surface area contributed by atoms with E-state index < -0.39 is 0 Å². The highest BCUT2D eigenvalue weighted by Crippen LogP contribution is 2.41. The van der Waals surface area contributed by atoms with E-state index >= 15 is 0 Å². The van der Waals surface area contributed by atoms with Crippen molar-refractivity contribution in [3.8, 4) is 0 Å². The van der Waals surface area contributed by atoms with Gasteiger partial charge in [0.2, 0.25) is 0 Å². The number of carbonyl (C=O) groups excluding carboxylic acids is 1. The average Bonchev–Trinajstić information content (AvgIpc) is 2.57. The Hall–Kier alpha value is -2.16. The summed E-state index contributed by atoms with van der Waals surface area (Å²) in [5.74, 6) is 0.384. The van der Waals surface area contributed by atoms with Gasteiger partial charge in [0.15, 0.2) is 5.43 Å². The second-order valence-corrected chi connectivity index (χ2v) is 6.21. The van der Waals surface area contributed by atoms with Gasteiger partial charge in [-0.3, -0.25) is 9.59 Å². The molecule has 3 nitrogen and oxygen atoms in total. The highest BCUT2D eigenvalue weighted by molar-refractivity contribution is 5.79. The second-order valence-electron chi connectivity index (χ2n) is 6.21. The number of benzene rings is 1. The first-order chi connectivity index (χ1) is 10.7. The summed E-state index contributed by atoms with van der Waals surface area (Å²) < 4.78 is 2.06. The van der Waals surface area contributed by atoms with Crippen LogP contribution in [0.25, 0.3) is 0 Å². The van der Waals surface area contributed by atoms with Crippen LogP contribution in [0.5, 0.6) is 0 Å². The predicted octanol–water partition coefficient (Wildman–Crippen LogP) is 3.32. The van der Waals surface area contributed by atoms with Gasteiger partial charge in [0, 0.05) is 43.9 Å². The molecule has 1 aliphatic rings. The lowest BCUT2D eigenvalue weighted by atomic mass is 9.67. The summed E-state index contributed by atoms with van der Waals surface area (Å²) >= 11 is 0. The third-order valence-electron chi connectivity index (χ3n) is 4.86. The van der Waals surface area contributed by atoms with E-state index in [1.807, 2.05) is 18.5 Å². The molecule has 0 spiro atoms. The molecule has 0 saturated heterocycles. The first kappa shape index (κ1) is 14.8. The van der Waals surface area contributed by atoms with Crippen molar-refractivity contribution in [3.63, 3.8) is 0 Å². The Kier molecular flexibility index (Phi) is 4.23. The van der Waals surface area contributed by atoms with E-state index in [2.05, 4.69) is 28.8 Å². The Balaban J connectivity index is 1.81. The van der Waals surface area contributed by atoms with E-state index in [4.69, 9.17) is 0 Å². The third-order valence-corrected chi connectivity index (χ3v) is 4.86. The second kappa shape index (κ2) is 6.30. The first-order valence-electron chi connectivity index (χ1n) is 7.91. The molecule has 0 amide bonds. The minimum Gasteiger partial charge on any atom is -0.354 e.